The summed E-state index contributed by atoms with van der Waals surface area (Å²) in [7, 11) is 0. The van der Waals surface area contributed by atoms with Crippen molar-refractivity contribution in [1.82, 2.24) is 10.6 Å². The van der Waals surface area contributed by atoms with E-state index in [9.17, 15) is 19.5 Å². The second kappa shape index (κ2) is 8.49. The van der Waals surface area contributed by atoms with Crippen molar-refractivity contribution in [3.05, 3.63) is 71.3 Å². The molecule has 3 N–H and O–H groups in total. The molecule has 142 valence electrons. The molecule has 1 atom stereocenters. The van der Waals surface area contributed by atoms with Gasteiger partial charge in [0, 0.05) is 5.56 Å². The fourth-order valence-electron chi connectivity index (χ4n) is 2.53. The van der Waals surface area contributed by atoms with Crippen LogP contribution in [-0.4, -0.2) is 29.4 Å². The molecular weight excluding hydrogens is 344 g/mol. The van der Waals surface area contributed by atoms with E-state index in [0.29, 0.717) is 11.1 Å². The van der Waals surface area contributed by atoms with Crippen LogP contribution in [0.5, 0.6) is 0 Å². The Morgan fingerprint density at radius 3 is 2.07 bits per heavy atom. The van der Waals surface area contributed by atoms with Gasteiger partial charge >= 0.3 is 5.97 Å². The van der Waals surface area contributed by atoms with Crippen LogP contribution in [0.3, 0.4) is 0 Å². The van der Waals surface area contributed by atoms with E-state index < -0.39 is 23.8 Å². The first-order valence-corrected chi connectivity index (χ1v) is 8.64. The van der Waals surface area contributed by atoms with Crippen molar-refractivity contribution in [2.24, 2.45) is 0 Å². The molecule has 0 heterocycles. The molecule has 0 aromatic heterocycles. The first-order chi connectivity index (χ1) is 12.7. The highest BCUT2D eigenvalue weighted by molar-refractivity contribution is 5.97. The number of hydrogen-bond acceptors (Lipinski definition) is 3. The maximum atomic E-state index is 12.2. The van der Waals surface area contributed by atoms with Crippen molar-refractivity contribution in [1.29, 1.82) is 0 Å². The smallest absolute Gasteiger partial charge is 0.330 e. The van der Waals surface area contributed by atoms with Crippen LogP contribution >= 0.6 is 0 Å². The Balaban J connectivity index is 1.94. The fraction of sp³-hybridized carbons (Fsp3) is 0.286. The standard InChI is InChI=1S/C21H24N2O4/c1-21(2,3)16-11-9-15(10-12-16)19(25)22-13-17(24)23-18(20(26)27)14-7-5-4-6-8-14/h4-12,18H,13H2,1-3H3,(H,22,25)(H,23,24)(H,26,27)/t18-/m1/s1. The van der Waals surface area contributed by atoms with Crippen LogP contribution < -0.4 is 10.6 Å². The quantitative estimate of drug-likeness (QED) is 0.730. The van der Waals surface area contributed by atoms with E-state index in [1.807, 2.05) is 12.1 Å². The number of carboxylic acids is 1. The summed E-state index contributed by atoms with van der Waals surface area (Å²) >= 11 is 0. The molecular formula is C21H24N2O4. The molecule has 0 radical (unpaired) electrons. The van der Waals surface area contributed by atoms with Gasteiger partial charge < -0.3 is 15.7 Å². The summed E-state index contributed by atoms with van der Waals surface area (Å²) in [6, 6.07) is 14.4. The Kier molecular flexibility index (Phi) is 6.34. The summed E-state index contributed by atoms with van der Waals surface area (Å²) in [5, 5.41) is 14.2. The number of amides is 2. The minimum Gasteiger partial charge on any atom is -0.479 e. The molecule has 0 aliphatic heterocycles. The van der Waals surface area contributed by atoms with Crippen molar-refractivity contribution in [3.63, 3.8) is 0 Å². The lowest BCUT2D eigenvalue weighted by atomic mass is 9.87. The molecule has 0 unspecified atom stereocenters. The van der Waals surface area contributed by atoms with Crippen molar-refractivity contribution < 1.29 is 19.5 Å². The summed E-state index contributed by atoms with van der Waals surface area (Å²) < 4.78 is 0. The monoisotopic (exact) mass is 368 g/mol. The Morgan fingerprint density at radius 1 is 0.963 bits per heavy atom. The Bertz CT molecular complexity index is 808. The van der Waals surface area contributed by atoms with Gasteiger partial charge in [-0.1, -0.05) is 63.2 Å². The molecule has 2 aromatic rings. The Labute approximate surface area is 158 Å². The second-order valence-corrected chi connectivity index (χ2v) is 7.26. The normalized spacial score (nSPS) is 12.1. The molecule has 27 heavy (non-hydrogen) atoms. The minimum atomic E-state index is -1.17. The lowest BCUT2D eigenvalue weighted by Gasteiger charge is -2.19. The molecule has 0 bridgehead atoms. The predicted molar refractivity (Wildman–Crippen MR) is 102 cm³/mol. The van der Waals surface area contributed by atoms with E-state index in [1.165, 1.54) is 0 Å². The Hall–Kier alpha value is -3.15. The number of hydrogen-bond donors (Lipinski definition) is 3. The van der Waals surface area contributed by atoms with Gasteiger partial charge in [-0.15, -0.1) is 0 Å². The van der Waals surface area contributed by atoms with E-state index in [2.05, 4.69) is 31.4 Å². The average molecular weight is 368 g/mol. The number of aliphatic carboxylic acids is 1. The maximum Gasteiger partial charge on any atom is 0.330 e. The van der Waals surface area contributed by atoms with Gasteiger partial charge in [-0.3, -0.25) is 9.59 Å². The molecule has 6 heteroatoms. The largest absolute Gasteiger partial charge is 0.479 e. The highest BCUT2D eigenvalue weighted by Crippen LogP contribution is 2.22. The predicted octanol–water partition coefficient (Wildman–Crippen LogP) is 2.66. The fourth-order valence-corrected chi connectivity index (χ4v) is 2.53. The van der Waals surface area contributed by atoms with Crippen LogP contribution in [0.2, 0.25) is 0 Å². The van der Waals surface area contributed by atoms with Gasteiger partial charge in [0.1, 0.15) is 0 Å². The van der Waals surface area contributed by atoms with Crippen LogP contribution in [0.15, 0.2) is 54.6 Å². The van der Waals surface area contributed by atoms with E-state index in [-0.39, 0.29) is 12.0 Å². The number of carboxylic acid groups (broad SMARTS) is 1. The van der Waals surface area contributed by atoms with Crippen LogP contribution in [0.4, 0.5) is 0 Å². The van der Waals surface area contributed by atoms with Gasteiger partial charge in [0.2, 0.25) is 5.91 Å². The number of benzene rings is 2. The van der Waals surface area contributed by atoms with Gasteiger partial charge in [0.15, 0.2) is 6.04 Å². The SMILES string of the molecule is CC(C)(C)c1ccc(C(=O)NCC(=O)N[C@@H](C(=O)O)c2ccccc2)cc1. The molecule has 0 aliphatic rings. The van der Waals surface area contributed by atoms with Crippen molar-refractivity contribution >= 4 is 17.8 Å². The lowest BCUT2D eigenvalue weighted by Crippen LogP contribution is -2.41. The minimum absolute atomic E-state index is 0.0157. The third kappa shape index (κ3) is 5.67. The summed E-state index contributed by atoms with van der Waals surface area (Å²) in [6.07, 6.45) is 0. The van der Waals surface area contributed by atoms with E-state index >= 15 is 0 Å². The summed E-state index contributed by atoms with van der Waals surface area (Å²) in [6.45, 7) is 5.94. The maximum absolute atomic E-state index is 12.2. The second-order valence-electron chi connectivity index (χ2n) is 7.26. The van der Waals surface area contributed by atoms with Gasteiger partial charge in [-0.25, -0.2) is 4.79 Å². The molecule has 0 fully saturated rings. The lowest BCUT2D eigenvalue weighted by molar-refractivity contribution is -0.141. The molecule has 0 spiro atoms. The van der Waals surface area contributed by atoms with Gasteiger partial charge in [-0.2, -0.15) is 0 Å². The zero-order chi connectivity index (χ0) is 20.0. The molecule has 0 saturated heterocycles. The number of nitrogens with one attached hydrogen (secondary N) is 2. The molecule has 0 aliphatic carbocycles. The van der Waals surface area contributed by atoms with Gasteiger partial charge in [-0.05, 0) is 28.7 Å². The highest BCUT2D eigenvalue weighted by Gasteiger charge is 2.22. The van der Waals surface area contributed by atoms with Crippen molar-refractivity contribution in [3.8, 4) is 0 Å². The third-order valence-electron chi connectivity index (χ3n) is 4.11. The van der Waals surface area contributed by atoms with E-state index in [0.717, 1.165) is 5.56 Å². The molecule has 2 amide bonds. The van der Waals surface area contributed by atoms with Crippen LogP contribution in [0, 0.1) is 0 Å². The molecule has 6 nitrogen and oxygen atoms in total. The molecule has 0 saturated carbocycles. The average Bonchev–Trinajstić information content (AvgIpc) is 2.64. The topological polar surface area (TPSA) is 95.5 Å². The number of carbonyl (C=O) groups is 3. The zero-order valence-corrected chi connectivity index (χ0v) is 15.7. The molecule has 2 rings (SSSR count). The molecule has 2 aromatic carbocycles. The first-order valence-electron chi connectivity index (χ1n) is 8.64. The summed E-state index contributed by atoms with van der Waals surface area (Å²) in [5.41, 5.74) is 1.98. The van der Waals surface area contributed by atoms with Crippen LogP contribution in [0.25, 0.3) is 0 Å². The van der Waals surface area contributed by atoms with Gasteiger partial charge in [0.05, 0.1) is 6.54 Å². The van der Waals surface area contributed by atoms with Crippen LogP contribution in [-0.2, 0) is 15.0 Å². The summed E-state index contributed by atoms with van der Waals surface area (Å²) in [5.74, 6) is -2.14. The van der Waals surface area contributed by atoms with Crippen molar-refractivity contribution in [2.45, 2.75) is 32.2 Å². The number of carbonyl (C=O) groups excluding carboxylic acids is 2. The van der Waals surface area contributed by atoms with Crippen molar-refractivity contribution in [2.75, 3.05) is 6.54 Å². The van der Waals surface area contributed by atoms with E-state index in [4.69, 9.17) is 0 Å². The van der Waals surface area contributed by atoms with Gasteiger partial charge in [0.25, 0.3) is 5.91 Å². The first kappa shape index (κ1) is 20.2. The zero-order valence-electron chi connectivity index (χ0n) is 15.7. The number of rotatable bonds is 6. The van der Waals surface area contributed by atoms with Crippen LogP contribution in [0.1, 0.15) is 48.3 Å². The third-order valence-corrected chi connectivity index (χ3v) is 4.11. The highest BCUT2D eigenvalue weighted by atomic mass is 16.4. The summed E-state index contributed by atoms with van der Waals surface area (Å²) in [4.78, 5) is 35.7. The van der Waals surface area contributed by atoms with E-state index in [1.54, 1.807) is 42.5 Å². The Morgan fingerprint density at radius 2 is 1.56 bits per heavy atom.